The van der Waals surface area contributed by atoms with E-state index in [1.165, 1.54) is 25.7 Å². The van der Waals surface area contributed by atoms with Gasteiger partial charge in [-0.15, -0.1) is 0 Å². The average molecular weight is 336 g/mol. The summed E-state index contributed by atoms with van der Waals surface area (Å²) in [6.45, 7) is 2.21. The smallest absolute Gasteiger partial charge is 0.332 e. The van der Waals surface area contributed by atoms with Crippen molar-refractivity contribution in [2.24, 2.45) is 11.8 Å². The van der Waals surface area contributed by atoms with Crippen molar-refractivity contribution in [3.63, 3.8) is 0 Å². The molecule has 1 aliphatic carbocycles. The molecule has 0 heterocycles. The van der Waals surface area contributed by atoms with Crippen molar-refractivity contribution in [3.05, 3.63) is 24.3 Å². The molecule has 1 saturated carbocycles. The predicted molar refractivity (Wildman–Crippen MR) is 95.8 cm³/mol. The second-order valence-electron chi connectivity index (χ2n) is 6.69. The number of carboxylic acids is 1. The molecule has 0 aliphatic heterocycles. The normalized spacial score (nSPS) is 22.7. The molecule has 0 radical (unpaired) electrons. The van der Waals surface area contributed by atoms with Gasteiger partial charge in [-0.1, -0.05) is 50.5 Å². The Morgan fingerprint density at radius 3 is 2.71 bits per heavy atom. The van der Waals surface area contributed by atoms with Gasteiger partial charge in [-0.2, -0.15) is 0 Å². The van der Waals surface area contributed by atoms with E-state index in [9.17, 15) is 14.7 Å². The van der Waals surface area contributed by atoms with Gasteiger partial charge in [0.25, 0.3) is 0 Å². The van der Waals surface area contributed by atoms with Gasteiger partial charge in [-0.05, 0) is 44.4 Å². The summed E-state index contributed by atoms with van der Waals surface area (Å²) in [6, 6.07) is 0. The summed E-state index contributed by atoms with van der Waals surface area (Å²) in [7, 11) is 0. The number of unbranched alkanes of at least 4 members (excludes halogenated alkanes) is 4. The first-order valence-corrected chi connectivity index (χ1v) is 9.31. The van der Waals surface area contributed by atoms with Crippen LogP contribution in [0.25, 0.3) is 0 Å². The first-order chi connectivity index (χ1) is 11.6. The first-order valence-electron chi connectivity index (χ1n) is 9.31. The summed E-state index contributed by atoms with van der Waals surface area (Å²) in [4.78, 5) is 22.5. The van der Waals surface area contributed by atoms with Crippen molar-refractivity contribution in [2.45, 2.75) is 77.2 Å². The van der Waals surface area contributed by atoms with E-state index in [4.69, 9.17) is 5.11 Å². The molecule has 136 valence electrons. The van der Waals surface area contributed by atoms with Gasteiger partial charge < -0.3 is 10.2 Å². The maximum absolute atomic E-state index is 12.0. The lowest BCUT2D eigenvalue weighted by molar-refractivity contribution is -0.146. The Labute approximate surface area is 145 Å². The molecule has 1 aliphatic rings. The molecule has 0 saturated heterocycles. The molecular weight excluding hydrogens is 304 g/mol. The molecule has 24 heavy (non-hydrogen) atoms. The number of aliphatic hydroxyl groups excluding tert-OH is 1. The summed E-state index contributed by atoms with van der Waals surface area (Å²) >= 11 is 0. The van der Waals surface area contributed by atoms with E-state index in [1.807, 2.05) is 12.2 Å². The minimum absolute atomic E-state index is 0.0672. The molecule has 0 aromatic heterocycles. The van der Waals surface area contributed by atoms with Crippen molar-refractivity contribution in [3.8, 4) is 0 Å². The standard InChI is InChI=1S/C20H32O4/c1-2-3-4-5-6-8-11-16-14-15-18(21)17(16)12-9-7-10-13-19(22)20(23)24/h7-9,11,16-17,19,22H,2-6,10,12-15H2,1H3,(H,23,24)/b9-7-,11-8+/t16-,17+,19?/m0/s1. The van der Waals surface area contributed by atoms with Gasteiger partial charge in [0.2, 0.25) is 0 Å². The van der Waals surface area contributed by atoms with E-state index in [-0.39, 0.29) is 12.3 Å². The number of carbonyl (C=O) groups is 2. The number of rotatable bonds is 12. The lowest BCUT2D eigenvalue weighted by Crippen LogP contribution is -2.18. The lowest BCUT2D eigenvalue weighted by atomic mass is 9.91. The summed E-state index contributed by atoms with van der Waals surface area (Å²) < 4.78 is 0. The second kappa shape index (κ2) is 12.0. The topological polar surface area (TPSA) is 74.6 Å². The van der Waals surface area contributed by atoms with Crippen LogP contribution in [0.15, 0.2) is 24.3 Å². The fraction of sp³-hybridized carbons (Fsp3) is 0.700. The fourth-order valence-corrected chi connectivity index (χ4v) is 3.17. The third-order valence-electron chi connectivity index (χ3n) is 4.71. The molecule has 0 spiro atoms. The predicted octanol–water partition coefficient (Wildman–Crippen LogP) is 4.28. The average Bonchev–Trinajstić information content (AvgIpc) is 2.90. The van der Waals surface area contributed by atoms with Crippen molar-refractivity contribution >= 4 is 11.8 Å². The Morgan fingerprint density at radius 1 is 1.21 bits per heavy atom. The van der Waals surface area contributed by atoms with Crippen LogP contribution in [0.1, 0.15) is 71.1 Å². The quantitative estimate of drug-likeness (QED) is 0.412. The van der Waals surface area contributed by atoms with Gasteiger partial charge in [-0.3, -0.25) is 4.79 Å². The molecule has 0 bridgehead atoms. The number of allylic oxidation sites excluding steroid dienone is 4. The highest BCUT2D eigenvalue weighted by Gasteiger charge is 2.31. The molecule has 0 aromatic carbocycles. The number of ketones is 1. The number of hydrogen-bond acceptors (Lipinski definition) is 3. The van der Waals surface area contributed by atoms with Gasteiger partial charge in [-0.25, -0.2) is 4.79 Å². The monoisotopic (exact) mass is 336 g/mol. The van der Waals surface area contributed by atoms with Gasteiger partial charge in [0, 0.05) is 12.3 Å². The zero-order valence-electron chi connectivity index (χ0n) is 14.8. The highest BCUT2D eigenvalue weighted by molar-refractivity contribution is 5.83. The second-order valence-corrected chi connectivity index (χ2v) is 6.69. The number of Topliss-reactive ketones (excluding diaryl/α,β-unsaturated/α-hetero) is 1. The van der Waals surface area contributed by atoms with Crippen LogP contribution in [0.4, 0.5) is 0 Å². The van der Waals surface area contributed by atoms with E-state index >= 15 is 0 Å². The van der Waals surface area contributed by atoms with E-state index in [0.717, 1.165) is 12.8 Å². The lowest BCUT2D eigenvalue weighted by Gasteiger charge is -2.12. The summed E-state index contributed by atoms with van der Waals surface area (Å²) in [6.07, 6.45) is 16.2. The van der Waals surface area contributed by atoms with E-state index < -0.39 is 12.1 Å². The van der Waals surface area contributed by atoms with Crippen LogP contribution >= 0.6 is 0 Å². The molecule has 1 unspecified atom stereocenters. The van der Waals surface area contributed by atoms with Gasteiger partial charge in [0.05, 0.1) is 0 Å². The SMILES string of the molecule is CCCCCC/C=C/[C@H]1CCC(=O)[C@@H]1C/C=C\CCC(O)C(=O)O. The molecule has 0 amide bonds. The van der Waals surface area contributed by atoms with Crippen LogP contribution in [0.5, 0.6) is 0 Å². The number of aliphatic hydroxyl groups is 1. The molecule has 1 rings (SSSR count). The Kier molecular flexibility index (Phi) is 10.3. The molecular formula is C20H32O4. The van der Waals surface area contributed by atoms with Crippen molar-refractivity contribution < 1.29 is 19.8 Å². The summed E-state index contributed by atoms with van der Waals surface area (Å²) in [5, 5.41) is 17.8. The fourth-order valence-electron chi connectivity index (χ4n) is 3.17. The Hall–Kier alpha value is -1.42. The Morgan fingerprint density at radius 2 is 2.00 bits per heavy atom. The number of carboxylic acid groups (broad SMARTS) is 1. The maximum Gasteiger partial charge on any atom is 0.332 e. The Bertz CT molecular complexity index is 439. The highest BCUT2D eigenvalue weighted by atomic mass is 16.4. The van der Waals surface area contributed by atoms with Crippen LogP contribution in [0.2, 0.25) is 0 Å². The zero-order valence-corrected chi connectivity index (χ0v) is 14.8. The minimum atomic E-state index is -1.30. The number of aliphatic carboxylic acids is 1. The van der Waals surface area contributed by atoms with Gasteiger partial charge in [0.1, 0.15) is 5.78 Å². The number of hydrogen-bond donors (Lipinski definition) is 2. The summed E-state index contributed by atoms with van der Waals surface area (Å²) in [5.41, 5.74) is 0. The summed E-state index contributed by atoms with van der Waals surface area (Å²) in [5.74, 6) is -0.431. The minimum Gasteiger partial charge on any atom is -0.479 e. The van der Waals surface area contributed by atoms with Gasteiger partial charge in [0.15, 0.2) is 6.10 Å². The highest BCUT2D eigenvalue weighted by Crippen LogP contribution is 2.32. The van der Waals surface area contributed by atoms with Crippen molar-refractivity contribution in [1.29, 1.82) is 0 Å². The van der Waals surface area contributed by atoms with Crippen molar-refractivity contribution in [2.75, 3.05) is 0 Å². The van der Waals surface area contributed by atoms with Crippen LogP contribution in [0.3, 0.4) is 0 Å². The van der Waals surface area contributed by atoms with Crippen LogP contribution < -0.4 is 0 Å². The van der Waals surface area contributed by atoms with Crippen molar-refractivity contribution in [1.82, 2.24) is 0 Å². The molecule has 4 heteroatoms. The third-order valence-corrected chi connectivity index (χ3v) is 4.71. The van der Waals surface area contributed by atoms with E-state index in [2.05, 4.69) is 19.1 Å². The zero-order chi connectivity index (χ0) is 17.8. The van der Waals surface area contributed by atoms with E-state index in [0.29, 0.717) is 31.0 Å². The first kappa shape index (κ1) is 20.6. The van der Waals surface area contributed by atoms with Crippen LogP contribution in [0, 0.1) is 11.8 Å². The molecule has 0 aromatic rings. The van der Waals surface area contributed by atoms with Crippen LogP contribution in [-0.4, -0.2) is 28.1 Å². The maximum atomic E-state index is 12.0. The molecule has 2 N–H and O–H groups in total. The van der Waals surface area contributed by atoms with E-state index in [1.54, 1.807) is 0 Å². The molecule has 3 atom stereocenters. The number of carbonyl (C=O) groups excluding carboxylic acids is 1. The van der Waals surface area contributed by atoms with Crippen LogP contribution in [-0.2, 0) is 9.59 Å². The molecule has 1 fully saturated rings. The Balaban J connectivity index is 2.31. The molecule has 4 nitrogen and oxygen atoms in total. The third kappa shape index (κ3) is 7.91. The largest absolute Gasteiger partial charge is 0.479 e. The van der Waals surface area contributed by atoms with Gasteiger partial charge >= 0.3 is 5.97 Å².